The van der Waals surface area contributed by atoms with Gasteiger partial charge in [0.05, 0.1) is 25.5 Å². The highest BCUT2D eigenvalue weighted by Crippen LogP contribution is 2.32. The first-order valence-electron chi connectivity index (χ1n) is 10.3. The van der Waals surface area contributed by atoms with Crippen LogP contribution in [0.3, 0.4) is 0 Å². The third-order valence-corrected chi connectivity index (χ3v) is 6.27. The monoisotopic (exact) mass is 465 g/mol. The summed E-state index contributed by atoms with van der Waals surface area (Å²) in [5, 5.41) is 3.45. The van der Waals surface area contributed by atoms with Crippen LogP contribution in [0.1, 0.15) is 23.2 Å². The highest BCUT2D eigenvalue weighted by molar-refractivity contribution is 7.13. The zero-order valence-corrected chi connectivity index (χ0v) is 19.4. The number of thiazole rings is 1. The number of benzene rings is 2. The van der Waals surface area contributed by atoms with Gasteiger partial charge in [0, 0.05) is 28.8 Å². The van der Waals surface area contributed by atoms with Crippen LogP contribution in [0.4, 0.5) is 0 Å². The van der Waals surface area contributed by atoms with E-state index in [0.717, 1.165) is 27.3 Å². The lowest BCUT2D eigenvalue weighted by Crippen LogP contribution is -2.14. The van der Waals surface area contributed by atoms with Gasteiger partial charge in [-0.05, 0) is 43.2 Å². The van der Waals surface area contributed by atoms with E-state index in [1.54, 1.807) is 26.4 Å². The molecule has 0 saturated carbocycles. The predicted molar refractivity (Wildman–Crippen MR) is 126 cm³/mol. The summed E-state index contributed by atoms with van der Waals surface area (Å²) in [5.74, 6) is 0.936. The van der Waals surface area contributed by atoms with E-state index in [9.17, 15) is 9.59 Å². The minimum absolute atomic E-state index is 0.0651. The quantitative estimate of drug-likeness (QED) is 0.270. The third kappa shape index (κ3) is 4.90. The molecule has 33 heavy (non-hydrogen) atoms. The summed E-state index contributed by atoms with van der Waals surface area (Å²) >= 11 is 1.46. The van der Waals surface area contributed by atoms with Gasteiger partial charge >= 0.3 is 11.6 Å². The van der Waals surface area contributed by atoms with Gasteiger partial charge in [-0.2, -0.15) is 0 Å². The molecule has 0 spiro atoms. The molecule has 170 valence electrons. The molecule has 2 aromatic heterocycles. The minimum atomic E-state index is -0.456. The molecule has 0 fully saturated rings. The molecule has 0 saturated heterocycles. The van der Waals surface area contributed by atoms with Crippen LogP contribution in [0.5, 0.6) is 11.5 Å². The smallest absolute Gasteiger partial charge is 0.339 e. The fourth-order valence-electron chi connectivity index (χ4n) is 3.56. The molecule has 0 amide bonds. The topological polar surface area (TPSA) is 87.9 Å². The Kier molecular flexibility index (Phi) is 6.74. The summed E-state index contributed by atoms with van der Waals surface area (Å²) in [6.45, 7) is 1.91. The molecule has 4 aromatic rings. The van der Waals surface area contributed by atoms with Gasteiger partial charge < -0.3 is 18.6 Å². The van der Waals surface area contributed by atoms with Crippen molar-refractivity contribution in [1.29, 1.82) is 0 Å². The van der Waals surface area contributed by atoms with Crippen molar-refractivity contribution in [2.45, 2.75) is 26.4 Å². The molecular weight excluding hydrogens is 442 g/mol. The number of hydrogen-bond acceptors (Lipinski definition) is 8. The van der Waals surface area contributed by atoms with Crippen molar-refractivity contribution < 1.29 is 23.4 Å². The first-order valence-corrected chi connectivity index (χ1v) is 11.2. The normalized spacial score (nSPS) is 10.9. The van der Waals surface area contributed by atoms with E-state index < -0.39 is 11.6 Å². The van der Waals surface area contributed by atoms with Gasteiger partial charge in [-0.15, -0.1) is 11.3 Å². The van der Waals surface area contributed by atoms with E-state index in [2.05, 4.69) is 4.98 Å². The van der Waals surface area contributed by atoms with Crippen LogP contribution in [-0.4, -0.2) is 25.2 Å². The van der Waals surface area contributed by atoms with Crippen LogP contribution in [-0.2, 0) is 22.6 Å². The molecule has 0 N–H and O–H groups in total. The van der Waals surface area contributed by atoms with Gasteiger partial charge in [0.1, 0.15) is 28.7 Å². The molecule has 0 aliphatic rings. The molecule has 0 unspecified atom stereocenters. The minimum Gasteiger partial charge on any atom is -0.497 e. The Bertz CT molecular complexity index is 1360. The number of hydrogen-bond donors (Lipinski definition) is 0. The summed E-state index contributed by atoms with van der Waals surface area (Å²) in [7, 11) is 3.17. The van der Waals surface area contributed by atoms with Crippen LogP contribution in [0.25, 0.3) is 21.5 Å². The maximum absolute atomic E-state index is 12.5. The fraction of sp³-hybridized carbons (Fsp3) is 0.240. The lowest BCUT2D eigenvalue weighted by Gasteiger charge is -2.09. The Morgan fingerprint density at radius 3 is 2.73 bits per heavy atom. The Morgan fingerprint density at radius 1 is 1.12 bits per heavy atom. The highest BCUT2D eigenvalue weighted by Gasteiger charge is 2.15. The van der Waals surface area contributed by atoms with Crippen LogP contribution in [0.15, 0.2) is 57.1 Å². The summed E-state index contributed by atoms with van der Waals surface area (Å²) < 4.78 is 21.4. The van der Waals surface area contributed by atoms with Crippen molar-refractivity contribution >= 4 is 28.3 Å². The van der Waals surface area contributed by atoms with E-state index in [1.807, 2.05) is 42.6 Å². The number of nitrogens with zero attached hydrogens (tertiary/aromatic N) is 1. The summed E-state index contributed by atoms with van der Waals surface area (Å²) in [4.78, 5) is 29.3. The lowest BCUT2D eigenvalue weighted by molar-refractivity contribution is -0.145. The Labute approximate surface area is 194 Å². The van der Waals surface area contributed by atoms with Gasteiger partial charge in [-0.3, -0.25) is 4.79 Å². The number of ether oxygens (including phenoxy) is 3. The number of aromatic nitrogens is 1. The van der Waals surface area contributed by atoms with Crippen LogP contribution in [0, 0.1) is 6.92 Å². The Balaban J connectivity index is 1.39. The van der Waals surface area contributed by atoms with Crippen molar-refractivity contribution in [3.8, 4) is 22.1 Å². The zero-order valence-electron chi connectivity index (χ0n) is 18.5. The van der Waals surface area contributed by atoms with E-state index in [-0.39, 0.29) is 19.4 Å². The molecule has 0 bridgehead atoms. The van der Waals surface area contributed by atoms with Gasteiger partial charge in [-0.1, -0.05) is 12.1 Å². The standard InChI is InChI=1S/C25H23NO6S/c1-15-18-9-8-17(29-2)12-22(18)32-25(28)19(15)10-11-23(27)31-13-16-14-33-24(26-16)20-6-4-5-7-21(20)30-3/h4-9,12,14H,10-11,13H2,1-3H3. The van der Waals surface area contributed by atoms with Gasteiger partial charge in [-0.25, -0.2) is 9.78 Å². The maximum atomic E-state index is 12.5. The number of esters is 1. The molecular formula is C25H23NO6S. The van der Waals surface area contributed by atoms with Crippen molar-refractivity contribution in [3.05, 3.63) is 75.1 Å². The molecule has 0 atom stereocenters. The second kappa shape index (κ2) is 9.87. The van der Waals surface area contributed by atoms with Crippen molar-refractivity contribution in [2.24, 2.45) is 0 Å². The lowest BCUT2D eigenvalue weighted by atomic mass is 10.0. The Morgan fingerprint density at radius 2 is 1.94 bits per heavy atom. The zero-order chi connectivity index (χ0) is 23.4. The Hall–Kier alpha value is -3.65. The molecule has 0 radical (unpaired) electrons. The first-order chi connectivity index (χ1) is 16.0. The van der Waals surface area contributed by atoms with E-state index in [4.69, 9.17) is 18.6 Å². The summed E-state index contributed by atoms with van der Waals surface area (Å²) in [6, 6.07) is 12.9. The third-order valence-electron chi connectivity index (χ3n) is 5.34. The highest BCUT2D eigenvalue weighted by atomic mass is 32.1. The maximum Gasteiger partial charge on any atom is 0.339 e. The second-order valence-electron chi connectivity index (χ2n) is 7.36. The van der Waals surface area contributed by atoms with Crippen LogP contribution >= 0.6 is 11.3 Å². The molecule has 0 aliphatic carbocycles. The van der Waals surface area contributed by atoms with Gasteiger partial charge in [0.15, 0.2) is 0 Å². The van der Waals surface area contributed by atoms with E-state index >= 15 is 0 Å². The van der Waals surface area contributed by atoms with E-state index in [1.165, 1.54) is 11.3 Å². The van der Waals surface area contributed by atoms with Crippen molar-refractivity contribution in [3.63, 3.8) is 0 Å². The van der Waals surface area contributed by atoms with Gasteiger partial charge in [0.2, 0.25) is 0 Å². The number of para-hydroxylation sites is 1. The molecule has 7 nitrogen and oxygen atoms in total. The van der Waals surface area contributed by atoms with Crippen LogP contribution in [0.2, 0.25) is 0 Å². The average Bonchev–Trinajstić information content (AvgIpc) is 3.31. The SMILES string of the molecule is COc1ccc2c(C)c(CCC(=O)OCc3csc(-c4ccccc4OC)n3)c(=O)oc2c1. The molecule has 4 rings (SSSR count). The predicted octanol–water partition coefficient (Wildman–Crippen LogP) is 4.92. The first kappa shape index (κ1) is 22.5. The van der Waals surface area contributed by atoms with Crippen molar-refractivity contribution in [2.75, 3.05) is 14.2 Å². The molecule has 2 heterocycles. The number of methoxy groups -OCH3 is 2. The average molecular weight is 466 g/mol. The number of rotatable bonds is 8. The number of carbonyl (C=O) groups excluding carboxylic acids is 1. The van der Waals surface area contributed by atoms with Gasteiger partial charge in [0.25, 0.3) is 0 Å². The summed E-state index contributed by atoms with van der Waals surface area (Å²) in [5.41, 5.74) is 2.80. The fourth-order valence-corrected chi connectivity index (χ4v) is 4.40. The largest absolute Gasteiger partial charge is 0.497 e. The number of aryl methyl sites for hydroxylation is 1. The molecule has 2 aromatic carbocycles. The number of carbonyl (C=O) groups is 1. The molecule has 0 aliphatic heterocycles. The molecule has 8 heteroatoms. The van der Waals surface area contributed by atoms with Crippen LogP contribution < -0.4 is 15.1 Å². The second-order valence-corrected chi connectivity index (χ2v) is 8.22. The summed E-state index contributed by atoms with van der Waals surface area (Å²) in [6.07, 6.45) is 0.301. The van der Waals surface area contributed by atoms with E-state index in [0.29, 0.717) is 22.6 Å². The van der Waals surface area contributed by atoms with Crippen molar-refractivity contribution in [1.82, 2.24) is 4.98 Å². The number of fused-ring (bicyclic) bond motifs is 1.